The Kier molecular flexibility index (Phi) is 9.64. The van der Waals surface area contributed by atoms with Crippen LogP contribution in [0.1, 0.15) is 33.0 Å². The maximum absolute atomic E-state index is 14.8. The summed E-state index contributed by atoms with van der Waals surface area (Å²) in [7, 11) is 0.736. The number of likely N-dealkylation sites (N-methyl/N-ethyl adjacent to an activating group) is 1. The number of benzene rings is 2. The second kappa shape index (κ2) is 11.8. The number of hydrogen-bond donors (Lipinski definition) is 1. The van der Waals surface area contributed by atoms with Crippen LogP contribution in [0.3, 0.4) is 0 Å². The topological polar surface area (TPSA) is 49.4 Å². The highest BCUT2D eigenvalue weighted by Crippen LogP contribution is 2.40. The average Bonchev–Trinajstić information content (AvgIpc) is 2.79. The predicted molar refractivity (Wildman–Crippen MR) is 117 cm³/mol. The van der Waals surface area contributed by atoms with E-state index in [9.17, 15) is 57.9 Å². The number of carbonyl (C=O) groups is 2. The molecule has 4 nitrogen and oxygen atoms in total. The standard InChI is InChI=1S/C23H16ClF11N2O2/c1-37(10-21(27,28)29)19(38)9-36-20(39)13-4-2-12(6-15(13)23(33,34)35)17(25)8-14(22(30,31)32)11-3-5-16(24)18(26)7-11/h2-8,14H,9-10H2,1H3,(H,36,39)/b17-8-. The number of nitrogens with zero attached hydrogens (tertiary/aromatic N) is 1. The number of hydrogen-bond acceptors (Lipinski definition) is 2. The van der Waals surface area contributed by atoms with Gasteiger partial charge in [0.15, 0.2) is 0 Å². The molecule has 2 aromatic rings. The van der Waals surface area contributed by atoms with Gasteiger partial charge < -0.3 is 10.2 Å². The van der Waals surface area contributed by atoms with Crippen LogP contribution in [-0.2, 0) is 11.0 Å². The number of carbonyl (C=O) groups excluding carboxylic acids is 2. The molecule has 0 heterocycles. The first kappa shape index (κ1) is 31.9. The van der Waals surface area contributed by atoms with E-state index in [0.29, 0.717) is 18.2 Å². The first-order valence-electron chi connectivity index (χ1n) is 10.4. The van der Waals surface area contributed by atoms with Crippen molar-refractivity contribution < 1.29 is 57.9 Å². The number of allylic oxidation sites excluding steroid dienone is 1. The Hall–Kier alpha value is -3.36. The Morgan fingerprint density at radius 3 is 2.13 bits per heavy atom. The molecule has 2 rings (SSSR count). The second-order valence-electron chi connectivity index (χ2n) is 8.01. The van der Waals surface area contributed by atoms with Gasteiger partial charge in [-0.25, -0.2) is 8.78 Å². The smallest absolute Gasteiger partial charge is 0.343 e. The molecule has 0 aliphatic heterocycles. The lowest BCUT2D eigenvalue weighted by atomic mass is 9.95. The summed E-state index contributed by atoms with van der Waals surface area (Å²) >= 11 is 5.43. The molecule has 0 spiro atoms. The Balaban J connectivity index is 2.39. The van der Waals surface area contributed by atoms with Crippen molar-refractivity contribution >= 4 is 29.2 Å². The molecule has 0 bridgehead atoms. The third kappa shape index (κ3) is 8.83. The zero-order valence-electron chi connectivity index (χ0n) is 19.3. The molecule has 214 valence electrons. The van der Waals surface area contributed by atoms with Crippen molar-refractivity contribution in [2.45, 2.75) is 24.4 Å². The van der Waals surface area contributed by atoms with Crippen LogP contribution in [0.15, 0.2) is 42.5 Å². The third-order valence-electron chi connectivity index (χ3n) is 5.06. The lowest BCUT2D eigenvalue weighted by Gasteiger charge is -2.20. The summed E-state index contributed by atoms with van der Waals surface area (Å²) in [4.78, 5) is 24.1. The quantitative estimate of drug-likeness (QED) is 0.354. The zero-order valence-corrected chi connectivity index (χ0v) is 20.1. The molecule has 39 heavy (non-hydrogen) atoms. The molecular formula is C23H16ClF11N2O2. The fourth-order valence-corrected chi connectivity index (χ4v) is 3.31. The maximum atomic E-state index is 14.8. The molecule has 0 aliphatic rings. The lowest BCUT2D eigenvalue weighted by Crippen LogP contribution is -2.42. The first-order valence-corrected chi connectivity index (χ1v) is 10.8. The van der Waals surface area contributed by atoms with Gasteiger partial charge in [-0.15, -0.1) is 0 Å². The van der Waals surface area contributed by atoms with Gasteiger partial charge in [0.25, 0.3) is 5.91 Å². The highest BCUT2D eigenvalue weighted by atomic mass is 35.5. The Morgan fingerprint density at radius 1 is 1.00 bits per heavy atom. The summed E-state index contributed by atoms with van der Waals surface area (Å²) < 4.78 is 147. The van der Waals surface area contributed by atoms with Gasteiger partial charge in [0.1, 0.15) is 24.1 Å². The van der Waals surface area contributed by atoms with Gasteiger partial charge in [0, 0.05) is 12.6 Å². The number of halogens is 12. The van der Waals surface area contributed by atoms with Crippen LogP contribution in [0.25, 0.3) is 5.83 Å². The van der Waals surface area contributed by atoms with E-state index in [4.69, 9.17) is 11.6 Å². The van der Waals surface area contributed by atoms with Crippen molar-refractivity contribution in [3.8, 4) is 0 Å². The van der Waals surface area contributed by atoms with E-state index in [0.717, 1.165) is 19.2 Å². The lowest BCUT2D eigenvalue weighted by molar-refractivity contribution is -0.157. The van der Waals surface area contributed by atoms with Gasteiger partial charge in [-0.05, 0) is 35.9 Å². The second-order valence-corrected chi connectivity index (χ2v) is 8.42. The Labute approximate surface area is 218 Å². The molecule has 1 N–H and O–H groups in total. The van der Waals surface area contributed by atoms with Crippen LogP contribution in [-0.4, -0.2) is 49.2 Å². The molecule has 16 heteroatoms. The molecule has 0 radical (unpaired) electrons. The summed E-state index contributed by atoms with van der Waals surface area (Å²) in [6.07, 6.45) is -15.4. The third-order valence-corrected chi connectivity index (χ3v) is 5.36. The van der Waals surface area contributed by atoms with Crippen LogP contribution in [0.5, 0.6) is 0 Å². The summed E-state index contributed by atoms with van der Waals surface area (Å²) in [6, 6.07) is 2.90. The van der Waals surface area contributed by atoms with Crippen molar-refractivity contribution in [1.82, 2.24) is 10.2 Å². The Morgan fingerprint density at radius 2 is 1.62 bits per heavy atom. The van der Waals surface area contributed by atoms with Crippen molar-refractivity contribution in [2.75, 3.05) is 20.1 Å². The van der Waals surface area contributed by atoms with Crippen molar-refractivity contribution in [3.63, 3.8) is 0 Å². The van der Waals surface area contributed by atoms with Crippen molar-refractivity contribution in [1.29, 1.82) is 0 Å². The van der Waals surface area contributed by atoms with Crippen LogP contribution in [0.4, 0.5) is 48.3 Å². The molecule has 2 amide bonds. The molecular weight excluding hydrogens is 581 g/mol. The summed E-state index contributed by atoms with van der Waals surface area (Å²) in [5.74, 6) is -8.71. The molecule has 2 aromatic carbocycles. The number of rotatable bonds is 7. The van der Waals surface area contributed by atoms with Gasteiger partial charge in [0.2, 0.25) is 5.91 Å². The SMILES string of the molecule is CN(CC(F)(F)F)C(=O)CNC(=O)c1ccc(/C(F)=C/C(c2ccc(Cl)c(F)c2)C(F)(F)F)cc1C(F)(F)F. The highest BCUT2D eigenvalue weighted by molar-refractivity contribution is 6.30. The average molecular weight is 597 g/mol. The monoisotopic (exact) mass is 596 g/mol. The fraction of sp³-hybridized carbons (Fsp3) is 0.304. The van der Waals surface area contributed by atoms with E-state index in [1.807, 2.05) is 0 Å². The van der Waals surface area contributed by atoms with Gasteiger partial charge in [-0.2, -0.15) is 39.5 Å². The summed E-state index contributed by atoms with van der Waals surface area (Å²) in [5.41, 5.74) is -4.81. The zero-order chi connectivity index (χ0) is 29.9. The van der Waals surface area contributed by atoms with E-state index < -0.39 is 88.3 Å². The number of nitrogens with one attached hydrogen (secondary N) is 1. The minimum Gasteiger partial charge on any atom is -0.343 e. The number of amides is 2. The van der Waals surface area contributed by atoms with Crippen LogP contribution in [0, 0.1) is 5.82 Å². The largest absolute Gasteiger partial charge is 0.417 e. The van der Waals surface area contributed by atoms with E-state index >= 15 is 0 Å². The van der Waals surface area contributed by atoms with Gasteiger partial charge in [-0.3, -0.25) is 9.59 Å². The minimum absolute atomic E-state index is 0.0359. The fourth-order valence-electron chi connectivity index (χ4n) is 3.20. The summed E-state index contributed by atoms with van der Waals surface area (Å²) in [5, 5.41) is 1.18. The Bertz CT molecular complexity index is 1250. The van der Waals surface area contributed by atoms with E-state index in [-0.39, 0.29) is 17.0 Å². The molecule has 0 aliphatic carbocycles. The van der Waals surface area contributed by atoms with Crippen LogP contribution >= 0.6 is 11.6 Å². The molecule has 0 saturated carbocycles. The molecule has 1 atom stereocenters. The normalized spacial score (nSPS) is 13.7. The molecule has 0 fully saturated rings. The minimum atomic E-state index is -5.34. The van der Waals surface area contributed by atoms with E-state index in [1.165, 1.54) is 0 Å². The van der Waals surface area contributed by atoms with E-state index in [2.05, 4.69) is 0 Å². The molecule has 1 unspecified atom stereocenters. The van der Waals surface area contributed by atoms with Gasteiger partial charge in [0.05, 0.1) is 22.7 Å². The van der Waals surface area contributed by atoms with Gasteiger partial charge >= 0.3 is 18.5 Å². The molecule has 0 saturated heterocycles. The molecule has 0 aromatic heterocycles. The number of alkyl halides is 9. The predicted octanol–water partition coefficient (Wildman–Crippen LogP) is 6.90. The maximum Gasteiger partial charge on any atom is 0.417 e. The highest BCUT2D eigenvalue weighted by Gasteiger charge is 2.41. The summed E-state index contributed by atoms with van der Waals surface area (Å²) in [6.45, 7) is -2.82. The van der Waals surface area contributed by atoms with Gasteiger partial charge in [-0.1, -0.05) is 23.7 Å². The van der Waals surface area contributed by atoms with Crippen LogP contribution in [0.2, 0.25) is 5.02 Å². The van der Waals surface area contributed by atoms with Crippen molar-refractivity contribution in [2.24, 2.45) is 0 Å². The van der Waals surface area contributed by atoms with Crippen LogP contribution < -0.4 is 5.32 Å². The van der Waals surface area contributed by atoms with E-state index in [1.54, 1.807) is 5.32 Å². The van der Waals surface area contributed by atoms with Crippen molar-refractivity contribution in [3.05, 3.63) is 75.6 Å². The first-order chi connectivity index (χ1) is 17.7.